The first kappa shape index (κ1) is 40.4. The summed E-state index contributed by atoms with van der Waals surface area (Å²) in [7, 11) is 0. The SMILES string of the molecule is c1cc2c3c(c1)-n1c4cc5c6ccccc6c6ccccc6c5cc4c4c5c6ccccc6c6ccccc6c5cc(c41)B3c1cc(-c3ccc4ccccc4c3)cc3c4cc(-c5ccc6ccccc6c5)ccc4n-2c13. The summed E-state index contributed by atoms with van der Waals surface area (Å²) in [6.07, 6.45) is 0. The molecule has 17 aromatic rings. The number of rotatable bonds is 2. The van der Waals surface area contributed by atoms with Crippen LogP contribution in [0.4, 0.5) is 0 Å². The van der Waals surface area contributed by atoms with Crippen LogP contribution in [0.15, 0.2) is 249 Å². The zero-order valence-corrected chi connectivity index (χ0v) is 41.6. The summed E-state index contributed by atoms with van der Waals surface area (Å²) in [5.74, 6) is 0. The van der Waals surface area contributed by atoms with Gasteiger partial charge in [0.05, 0.1) is 16.6 Å². The van der Waals surface area contributed by atoms with E-state index in [-0.39, 0.29) is 6.71 Å². The highest BCUT2D eigenvalue weighted by Gasteiger charge is 2.42. The Morgan fingerprint density at radius 1 is 0.234 bits per heavy atom. The molecule has 15 aromatic carbocycles. The molecule has 350 valence electrons. The fourth-order valence-corrected chi connectivity index (χ4v) is 14.9. The summed E-state index contributed by atoms with van der Waals surface area (Å²) in [5, 5.41) is 25.7. The Bertz CT molecular complexity index is 5600. The van der Waals surface area contributed by atoms with Gasteiger partial charge in [0.1, 0.15) is 0 Å². The molecule has 0 atom stereocenters. The van der Waals surface area contributed by atoms with Crippen LogP contribution >= 0.6 is 0 Å². The van der Waals surface area contributed by atoms with Gasteiger partial charge in [0.2, 0.25) is 0 Å². The molecule has 0 amide bonds. The molecule has 2 aliphatic rings. The molecule has 0 bridgehead atoms. The Hall–Kier alpha value is -9.96. The third-order valence-electron chi connectivity index (χ3n) is 18.1. The second kappa shape index (κ2) is 14.5. The summed E-state index contributed by atoms with van der Waals surface area (Å²) in [4.78, 5) is 0. The van der Waals surface area contributed by atoms with E-state index in [9.17, 15) is 0 Å². The molecule has 3 heteroatoms. The van der Waals surface area contributed by atoms with Crippen LogP contribution in [0.25, 0.3) is 163 Å². The minimum atomic E-state index is -0.0640. The Labute approximate surface area is 441 Å². The summed E-state index contributed by atoms with van der Waals surface area (Å²) in [6, 6.07) is 94.9. The second-order valence-corrected chi connectivity index (χ2v) is 21.8. The molecule has 0 radical (unpaired) electrons. The molecular formula is C74H41BN2. The van der Waals surface area contributed by atoms with Gasteiger partial charge in [0.15, 0.2) is 0 Å². The van der Waals surface area contributed by atoms with E-state index in [2.05, 4.69) is 258 Å². The van der Waals surface area contributed by atoms with Crippen molar-refractivity contribution in [3.8, 4) is 33.6 Å². The molecule has 0 N–H and O–H groups in total. The molecule has 0 aliphatic carbocycles. The number of hydrogen-bond acceptors (Lipinski definition) is 0. The van der Waals surface area contributed by atoms with Crippen molar-refractivity contribution < 1.29 is 0 Å². The zero-order valence-electron chi connectivity index (χ0n) is 41.6. The molecule has 0 unspecified atom stereocenters. The Morgan fingerprint density at radius 2 is 0.701 bits per heavy atom. The van der Waals surface area contributed by atoms with Crippen LogP contribution in [0.1, 0.15) is 0 Å². The lowest BCUT2D eigenvalue weighted by atomic mass is 9.34. The predicted octanol–water partition coefficient (Wildman–Crippen LogP) is 17.6. The normalized spacial score (nSPS) is 12.9. The third kappa shape index (κ3) is 5.16. The van der Waals surface area contributed by atoms with Crippen LogP contribution in [0.3, 0.4) is 0 Å². The highest BCUT2D eigenvalue weighted by molar-refractivity contribution is 7.00. The zero-order chi connectivity index (χ0) is 49.8. The summed E-state index contributed by atoms with van der Waals surface area (Å²) < 4.78 is 5.30. The molecule has 0 saturated carbocycles. The lowest BCUT2D eigenvalue weighted by molar-refractivity contribution is 1.14. The van der Waals surface area contributed by atoms with Crippen LogP contribution in [-0.2, 0) is 0 Å². The molecule has 19 rings (SSSR count). The van der Waals surface area contributed by atoms with E-state index in [1.165, 1.54) is 180 Å². The Morgan fingerprint density at radius 3 is 1.34 bits per heavy atom. The van der Waals surface area contributed by atoms with E-state index < -0.39 is 0 Å². The number of aromatic nitrogens is 2. The van der Waals surface area contributed by atoms with Crippen LogP contribution in [-0.4, -0.2) is 15.8 Å². The third-order valence-corrected chi connectivity index (χ3v) is 18.1. The number of nitrogens with zero attached hydrogens (tertiary/aromatic N) is 2. The predicted molar refractivity (Wildman–Crippen MR) is 331 cm³/mol. The van der Waals surface area contributed by atoms with Crippen molar-refractivity contribution in [2.24, 2.45) is 0 Å². The average Bonchev–Trinajstić information content (AvgIpc) is 4.08. The maximum absolute atomic E-state index is 2.68. The van der Waals surface area contributed by atoms with Gasteiger partial charge in [0, 0.05) is 43.8 Å². The smallest absolute Gasteiger partial charge is 0.252 e. The van der Waals surface area contributed by atoms with Gasteiger partial charge in [-0.05, 0) is 174 Å². The van der Waals surface area contributed by atoms with Crippen molar-refractivity contribution in [2.75, 3.05) is 0 Å². The van der Waals surface area contributed by atoms with Crippen LogP contribution in [0, 0.1) is 0 Å². The maximum atomic E-state index is 2.68. The Balaban J connectivity index is 1.01. The van der Waals surface area contributed by atoms with Crippen molar-refractivity contribution in [3.63, 3.8) is 0 Å². The van der Waals surface area contributed by atoms with Gasteiger partial charge >= 0.3 is 0 Å². The van der Waals surface area contributed by atoms with E-state index in [0.29, 0.717) is 0 Å². The summed E-state index contributed by atoms with van der Waals surface area (Å²) in [6.45, 7) is -0.0640. The van der Waals surface area contributed by atoms with Gasteiger partial charge in [0.25, 0.3) is 6.71 Å². The van der Waals surface area contributed by atoms with Crippen molar-refractivity contribution in [3.05, 3.63) is 249 Å². The van der Waals surface area contributed by atoms with Crippen molar-refractivity contribution in [1.29, 1.82) is 0 Å². The largest absolute Gasteiger partial charge is 0.310 e. The minimum Gasteiger partial charge on any atom is -0.310 e. The van der Waals surface area contributed by atoms with Gasteiger partial charge in [-0.1, -0.05) is 194 Å². The molecular weight excluding hydrogens is 928 g/mol. The van der Waals surface area contributed by atoms with E-state index in [4.69, 9.17) is 0 Å². The first-order valence-corrected chi connectivity index (χ1v) is 27.0. The molecule has 0 saturated heterocycles. The average molecular weight is 969 g/mol. The topological polar surface area (TPSA) is 9.86 Å². The quantitative estimate of drug-likeness (QED) is 0.121. The molecule has 77 heavy (non-hydrogen) atoms. The second-order valence-electron chi connectivity index (χ2n) is 21.8. The van der Waals surface area contributed by atoms with Crippen molar-refractivity contribution in [2.45, 2.75) is 0 Å². The lowest BCUT2D eigenvalue weighted by Crippen LogP contribution is -2.59. The fraction of sp³-hybridized carbons (Fsp3) is 0. The number of benzene rings is 15. The van der Waals surface area contributed by atoms with E-state index in [1.54, 1.807) is 0 Å². The highest BCUT2D eigenvalue weighted by atomic mass is 15.0. The highest BCUT2D eigenvalue weighted by Crippen LogP contribution is 2.48. The first-order valence-electron chi connectivity index (χ1n) is 27.0. The van der Waals surface area contributed by atoms with Crippen LogP contribution < -0.4 is 16.4 Å². The van der Waals surface area contributed by atoms with E-state index >= 15 is 0 Å². The van der Waals surface area contributed by atoms with Crippen LogP contribution in [0.2, 0.25) is 0 Å². The molecule has 2 aliphatic heterocycles. The Kier molecular flexibility index (Phi) is 7.59. The first-order chi connectivity index (χ1) is 38.2. The lowest BCUT2D eigenvalue weighted by Gasteiger charge is -2.34. The number of fused-ring (bicyclic) bond motifs is 25. The molecule has 2 aromatic heterocycles. The standard InChI is InChI=1S/C74H41BN2/c1-3-16-44-34-46(30-28-42(44)14-1)48-32-33-66-60(36-48)62-37-49(47-31-29-43-15-2-4-17-45(43)35-47)38-64-73(62)76(66)67-26-13-27-68-72(67)75(64)65-40-61-56-24-10-7-20-52(56)53-21-11-12-25-57(53)70(61)71-63-39-58-54-22-8-5-18-50(54)51-19-6-9-23-55(51)59(58)41-69(63)77(68)74(65)71/h1-41H. The number of hydrogen-bond donors (Lipinski definition) is 0. The monoisotopic (exact) mass is 968 g/mol. The molecule has 4 heterocycles. The minimum absolute atomic E-state index is 0.0640. The van der Waals surface area contributed by atoms with Crippen molar-refractivity contribution >= 4 is 153 Å². The molecule has 0 fully saturated rings. The van der Waals surface area contributed by atoms with E-state index in [0.717, 1.165) is 0 Å². The van der Waals surface area contributed by atoms with Crippen molar-refractivity contribution in [1.82, 2.24) is 9.13 Å². The fourth-order valence-electron chi connectivity index (χ4n) is 14.9. The summed E-state index contributed by atoms with van der Waals surface area (Å²) >= 11 is 0. The van der Waals surface area contributed by atoms with Gasteiger partial charge in [-0.3, -0.25) is 0 Å². The van der Waals surface area contributed by atoms with Gasteiger partial charge in [-0.25, -0.2) is 0 Å². The van der Waals surface area contributed by atoms with Gasteiger partial charge < -0.3 is 9.13 Å². The molecule has 2 nitrogen and oxygen atoms in total. The van der Waals surface area contributed by atoms with E-state index in [1.807, 2.05) is 0 Å². The van der Waals surface area contributed by atoms with Gasteiger partial charge in [-0.2, -0.15) is 0 Å². The van der Waals surface area contributed by atoms with Crippen LogP contribution in [0.5, 0.6) is 0 Å². The van der Waals surface area contributed by atoms with Gasteiger partial charge in [-0.15, -0.1) is 0 Å². The summed E-state index contributed by atoms with van der Waals surface area (Å²) in [5.41, 5.74) is 16.5. The maximum Gasteiger partial charge on any atom is 0.252 e. The molecule has 0 spiro atoms.